The molecule has 1 fully saturated rings. The van der Waals surface area contributed by atoms with Crippen LogP contribution >= 0.6 is 0 Å². The van der Waals surface area contributed by atoms with Crippen molar-refractivity contribution in [2.75, 3.05) is 33.8 Å². The molecule has 22 heavy (non-hydrogen) atoms. The molecule has 1 atom stereocenters. The zero-order chi connectivity index (χ0) is 15.5. The van der Waals surface area contributed by atoms with Gasteiger partial charge in [-0.2, -0.15) is 0 Å². The molecule has 0 spiro atoms. The number of hydrogen-bond acceptors (Lipinski definition) is 5. The molecule has 0 bridgehead atoms. The summed E-state index contributed by atoms with van der Waals surface area (Å²) in [4.78, 5) is 20.3. The molecule has 0 radical (unpaired) electrons. The Morgan fingerprint density at radius 2 is 2.18 bits per heavy atom. The lowest BCUT2D eigenvalue weighted by Crippen LogP contribution is -2.49. The lowest BCUT2D eigenvalue weighted by atomic mass is 10.0. The Balaban J connectivity index is 1.83. The minimum atomic E-state index is -0.120. The highest BCUT2D eigenvalue weighted by atomic mass is 16.5. The number of amides is 1. The van der Waals surface area contributed by atoms with E-state index < -0.39 is 0 Å². The molecule has 1 aromatic carbocycles. The van der Waals surface area contributed by atoms with Gasteiger partial charge in [0.15, 0.2) is 6.39 Å². The van der Waals surface area contributed by atoms with Crippen molar-refractivity contribution >= 4 is 5.91 Å². The third-order valence-corrected chi connectivity index (χ3v) is 4.08. The van der Waals surface area contributed by atoms with Crippen LogP contribution in [0.25, 0.3) is 0 Å². The number of nitrogens with zero attached hydrogens (tertiary/aromatic N) is 3. The van der Waals surface area contributed by atoms with Gasteiger partial charge in [0.05, 0.1) is 19.3 Å². The van der Waals surface area contributed by atoms with E-state index >= 15 is 0 Å². The van der Waals surface area contributed by atoms with Gasteiger partial charge in [0.2, 0.25) is 5.76 Å². The van der Waals surface area contributed by atoms with Gasteiger partial charge in [-0.15, -0.1) is 0 Å². The minimum absolute atomic E-state index is 0.0942. The summed E-state index contributed by atoms with van der Waals surface area (Å²) in [6.45, 7) is 2.06. The van der Waals surface area contributed by atoms with Gasteiger partial charge < -0.3 is 14.1 Å². The van der Waals surface area contributed by atoms with Gasteiger partial charge in [0, 0.05) is 25.2 Å². The first-order valence-corrected chi connectivity index (χ1v) is 7.21. The second-order valence-corrected chi connectivity index (χ2v) is 5.36. The highest BCUT2D eigenvalue weighted by Gasteiger charge is 2.31. The molecular formula is C16H19N3O3. The molecule has 6 nitrogen and oxygen atoms in total. The maximum Gasteiger partial charge on any atom is 0.291 e. The van der Waals surface area contributed by atoms with Crippen LogP contribution in [0.2, 0.25) is 0 Å². The minimum Gasteiger partial charge on any atom is -0.496 e. The summed E-state index contributed by atoms with van der Waals surface area (Å²) in [6.07, 6.45) is 2.74. The van der Waals surface area contributed by atoms with Gasteiger partial charge in [0.1, 0.15) is 5.75 Å². The molecule has 1 aliphatic heterocycles. The van der Waals surface area contributed by atoms with Crippen LogP contribution in [0.15, 0.2) is 41.3 Å². The van der Waals surface area contributed by atoms with Crippen LogP contribution < -0.4 is 4.74 Å². The number of methoxy groups -OCH3 is 1. The second-order valence-electron chi connectivity index (χ2n) is 5.36. The van der Waals surface area contributed by atoms with Crippen molar-refractivity contribution in [3.8, 4) is 5.75 Å². The van der Waals surface area contributed by atoms with Gasteiger partial charge in [-0.1, -0.05) is 18.2 Å². The molecule has 2 aromatic rings. The number of piperazine rings is 1. The Morgan fingerprint density at radius 3 is 2.91 bits per heavy atom. The first kappa shape index (κ1) is 14.6. The van der Waals surface area contributed by atoms with Crippen molar-refractivity contribution in [1.29, 1.82) is 0 Å². The Hall–Kier alpha value is -2.34. The number of aromatic nitrogens is 1. The van der Waals surface area contributed by atoms with Crippen LogP contribution in [0.4, 0.5) is 0 Å². The van der Waals surface area contributed by atoms with Crippen molar-refractivity contribution in [2.45, 2.75) is 6.04 Å². The Kier molecular flexibility index (Phi) is 4.11. The van der Waals surface area contributed by atoms with E-state index in [0.29, 0.717) is 13.1 Å². The summed E-state index contributed by atoms with van der Waals surface area (Å²) < 4.78 is 10.6. The van der Waals surface area contributed by atoms with Crippen molar-refractivity contribution in [3.05, 3.63) is 48.2 Å². The van der Waals surface area contributed by atoms with Crippen LogP contribution in [0.5, 0.6) is 5.75 Å². The van der Waals surface area contributed by atoms with Crippen molar-refractivity contribution in [2.24, 2.45) is 0 Å². The molecule has 0 N–H and O–H groups in total. The van der Waals surface area contributed by atoms with Gasteiger partial charge in [-0.3, -0.25) is 9.69 Å². The van der Waals surface area contributed by atoms with Crippen molar-refractivity contribution < 1.29 is 13.9 Å². The summed E-state index contributed by atoms with van der Waals surface area (Å²) in [5.41, 5.74) is 1.09. The summed E-state index contributed by atoms with van der Waals surface area (Å²) in [7, 11) is 3.73. The number of rotatable bonds is 3. The van der Waals surface area contributed by atoms with E-state index in [-0.39, 0.29) is 17.7 Å². The molecule has 1 amide bonds. The quantitative estimate of drug-likeness (QED) is 0.865. The van der Waals surface area contributed by atoms with Crippen LogP contribution in [0.3, 0.4) is 0 Å². The fourth-order valence-corrected chi connectivity index (χ4v) is 2.81. The molecule has 0 saturated carbocycles. The van der Waals surface area contributed by atoms with Gasteiger partial charge in [0.25, 0.3) is 5.91 Å². The average molecular weight is 301 g/mol. The molecule has 116 valence electrons. The maximum absolute atomic E-state index is 12.4. The molecule has 3 rings (SSSR count). The predicted octanol–water partition coefficient (Wildman–Crippen LogP) is 1.81. The Labute approximate surface area is 129 Å². The van der Waals surface area contributed by atoms with Crippen molar-refractivity contribution in [1.82, 2.24) is 14.8 Å². The lowest BCUT2D eigenvalue weighted by molar-refractivity contribution is 0.0513. The van der Waals surface area contributed by atoms with E-state index in [1.54, 1.807) is 12.0 Å². The zero-order valence-corrected chi connectivity index (χ0v) is 12.7. The van der Waals surface area contributed by atoms with Crippen molar-refractivity contribution in [3.63, 3.8) is 0 Å². The van der Waals surface area contributed by atoms with E-state index in [0.717, 1.165) is 17.9 Å². The number of carbonyl (C=O) groups is 1. The third kappa shape index (κ3) is 2.69. The molecule has 6 heteroatoms. The summed E-state index contributed by atoms with van der Waals surface area (Å²) >= 11 is 0. The summed E-state index contributed by atoms with van der Waals surface area (Å²) in [6, 6.07) is 8.02. The number of hydrogen-bond donors (Lipinski definition) is 0. The highest BCUT2D eigenvalue weighted by molar-refractivity contribution is 5.91. The second kappa shape index (κ2) is 6.19. The first-order valence-electron chi connectivity index (χ1n) is 7.21. The van der Waals surface area contributed by atoms with E-state index in [1.807, 2.05) is 24.3 Å². The molecule has 0 aliphatic carbocycles. The van der Waals surface area contributed by atoms with E-state index in [2.05, 4.69) is 16.9 Å². The number of ether oxygens (including phenoxy) is 1. The standard InChI is InChI=1S/C16H19N3O3/c1-18-7-8-19(16(20)15-9-17-11-22-15)10-13(18)12-5-3-4-6-14(12)21-2/h3-6,9,11,13H,7-8,10H2,1-2H3/t13-/m1/s1. The van der Waals surface area contributed by atoms with Crippen LogP contribution in [0, 0.1) is 0 Å². The topological polar surface area (TPSA) is 58.8 Å². The van der Waals surface area contributed by atoms with Gasteiger partial charge in [-0.25, -0.2) is 4.98 Å². The Bertz CT molecular complexity index is 642. The van der Waals surface area contributed by atoms with E-state index in [9.17, 15) is 4.79 Å². The van der Waals surface area contributed by atoms with E-state index in [1.165, 1.54) is 12.6 Å². The third-order valence-electron chi connectivity index (χ3n) is 4.08. The molecule has 2 heterocycles. The Morgan fingerprint density at radius 1 is 1.36 bits per heavy atom. The van der Waals surface area contributed by atoms with Crippen LogP contribution in [0.1, 0.15) is 22.2 Å². The zero-order valence-electron chi connectivity index (χ0n) is 12.7. The predicted molar refractivity (Wildman–Crippen MR) is 80.8 cm³/mol. The van der Waals surface area contributed by atoms with Gasteiger partial charge >= 0.3 is 0 Å². The van der Waals surface area contributed by atoms with Crippen LogP contribution in [-0.2, 0) is 0 Å². The lowest BCUT2D eigenvalue weighted by Gasteiger charge is -2.39. The highest BCUT2D eigenvalue weighted by Crippen LogP contribution is 2.31. The normalized spacial score (nSPS) is 19.2. The maximum atomic E-state index is 12.4. The molecule has 0 unspecified atom stereocenters. The molecular weight excluding hydrogens is 282 g/mol. The number of likely N-dealkylation sites (N-methyl/N-ethyl adjacent to an activating group) is 1. The fraction of sp³-hybridized carbons (Fsp3) is 0.375. The number of carbonyl (C=O) groups excluding carboxylic acids is 1. The van der Waals surface area contributed by atoms with Gasteiger partial charge in [-0.05, 0) is 13.1 Å². The monoisotopic (exact) mass is 301 g/mol. The van der Waals surface area contributed by atoms with Crippen LogP contribution in [-0.4, -0.2) is 54.5 Å². The summed E-state index contributed by atoms with van der Waals surface area (Å²) in [5, 5.41) is 0. The fourth-order valence-electron chi connectivity index (χ4n) is 2.81. The SMILES string of the molecule is COc1ccccc1[C@H]1CN(C(=O)c2cnco2)CCN1C. The number of oxazole rings is 1. The molecule has 1 aliphatic rings. The summed E-state index contributed by atoms with van der Waals surface area (Å²) in [5.74, 6) is 1.00. The number of benzene rings is 1. The molecule has 1 aromatic heterocycles. The smallest absolute Gasteiger partial charge is 0.291 e. The average Bonchev–Trinajstić information content (AvgIpc) is 3.09. The number of para-hydroxylation sites is 1. The first-order chi connectivity index (χ1) is 10.7. The van der Waals surface area contributed by atoms with E-state index in [4.69, 9.17) is 9.15 Å². The molecule has 1 saturated heterocycles. The largest absolute Gasteiger partial charge is 0.496 e.